The average Bonchev–Trinajstić information content (AvgIpc) is 3.28. The molecule has 2 amide bonds. The van der Waals surface area contributed by atoms with Crippen LogP contribution in [-0.4, -0.2) is 21.3 Å². The van der Waals surface area contributed by atoms with Gasteiger partial charge in [-0.3, -0.25) is 25.1 Å². The molecule has 8 heteroatoms. The third kappa shape index (κ3) is 3.61. The number of fused-ring (bicyclic) bond motifs is 1. The van der Waals surface area contributed by atoms with E-state index >= 15 is 0 Å². The zero-order chi connectivity index (χ0) is 23.8. The summed E-state index contributed by atoms with van der Waals surface area (Å²) in [6.07, 6.45) is 1.63. The molecular weight excluding hydrogens is 432 g/mol. The summed E-state index contributed by atoms with van der Waals surface area (Å²) < 4.78 is 2.03. The third-order valence-corrected chi connectivity index (χ3v) is 5.94. The van der Waals surface area contributed by atoms with Crippen molar-refractivity contribution in [2.45, 2.75) is 13.5 Å². The van der Waals surface area contributed by atoms with Gasteiger partial charge in [-0.2, -0.15) is 0 Å². The predicted molar refractivity (Wildman–Crippen MR) is 129 cm³/mol. The van der Waals surface area contributed by atoms with Crippen LogP contribution in [-0.2, 0) is 16.1 Å². The summed E-state index contributed by atoms with van der Waals surface area (Å²) in [4.78, 5) is 36.6. The molecule has 2 heterocycles. The molecule has 0 bridgehead atoms. The Labute approximate surface area is 194 Å². The number of rotatable bonds is 5. The maximum Gasteiger partial charge on any atom is 0.282 e. The van der Waals surface area contributed by atoms with Gasteiger partial charge < -0.3 is 4.57 Å². The fraction of sp³-hybridized carbons (Fsp3) is 0.0769. The van der Waals surface area contributed by atoms with Crippen molar-refractivity contribution in [2.24, 2.45) is 0 Å². The topological polar surface area (TPSA) is 97.5 Å². The Hall–Kier alpha value is -4.72. The summed E-state index contributed by atoms with van der Waals surface area (Å²) in [5.74, 6) is -0.894. The maximum atomic E-state index is 13.1. The SMILES string of the molecule is Cc1c(/C=C2/C(=O)NN(c3ccccc3)C2=O)c2ccccc2n1Cc1cccc([N+](=O)[O-])c1. The zero-order valence-corrected chi connectivity index (χ0v) is 18.3. The van der Waals surface area contributed by atoms with Gasteiger partial charge in [-0.15, -0.1) is 0 Å². The maximum absolute atomic E-state index is 13.1. The van der Waals surface area contributed by atoms with E-state index in [1.165, 1.54) is 11.1 Å². The lowest BCUT2D eigenvalue weighted by Crippen LogP contribution is -2.35. The normalized spacial score (nSPS) is 14.7. The van der Waals surface area contributed by atoms with Crippen LogP contribution < -0.4 is 10.4 Å². The second kappa shape index (κ2) is 8.32. The smallest absolute Gasteiger partial charge is 0.282 e. The zero-order valence-electron chi connectivity index (χ0n) is 18.3. The second-order valence-corrected chi connectivity index (χ2v) is 8.00. The van der Waals surface area contributed by atoms with E-state index in [1.807, 2.05) is 47.9 Å². The molecule has 168 valence electrons. The minimum atomic E-state index is -0.469. The number of anilines is 1. The molecule has 1 aromatic heterocycles. The number of hydrogen-bond donors (Lipinski definition) is 1. The summed E-state index contributed by atoms with van der Waals surface area (Å²) in [5, 5.41) is 13.3. The molecule has 0 atom stereocenters. The van der Waals surface area contributed by atoms with Crippen LogP contribution in [0.2, 0.25) is 0 Å². The Bertz CT molecular complexity index is 1490. The van der Waals surface area contributed by atoms with E-state index in [0.717, 1.165) is 27.7 Å². The monoisotopic (exact) mass is 452 g/mol. The quantitative estimate of drug-likeness (QED) is 0.210. The first-order valence-electron chi connectivity index (χ1n) is 10.7. The van der Waals surface area contributed by atoms with Gasteiger partial charge in [0.15, 0.2) is 0 Å². The van der Waals surface area contributed by atoms with E-state index in [1.54, 1.807) is 42.5 Å². The van der Waals surface area contributed by atoms with Crippen molar-refractivity contribution < 1.29 is 14.5 Å². The molecule has 1 saturated heterocycles. The molecular formula is C26H20N4O4. The number of amides is 2. The molecule has 1 aliphatic rings. The van der Waals surface area contributed by atoms with Crippen LogP contribution in [0.15, 0.2) is 84.4 Å². The van der Waals surface area contributed by atoms with E-state index in [-0.39, 0.29) is 11.3 Å². The Morgan fingerprint density at radius 3 is 2.47 bits per heavy atom. The minimum Gasteiger partial charge on any atom is -0.340 e. The fourth-order valence-corrected chi connectivity index (χ4v) is 4.26. The van der Waals surface area contributed by atoms with Gasteiger partial charge in [0.1, 0.15) is 5.57 Å². The van der Waals surface area contributed by atoms with Crippen molar-refractivity contribution >= 4 is 40.2 Å². The number of aromatic nitrogens is 1. The summed E-state index contributed by atoms with van der Waals surface area (Å²) in [5.41, 5.74) is 6.57. The van der Waals surface area contributed by atoms with Crippen molar-refractivity contribution in [1.82, 2.24) is 9.99 Å². The molecule has 34 heavy (non-hydrogen) atoms. The first-order chi connectivity index (χ1) is 16.4. The van der Waals surface area contributed by atoms with E-state index < -0.39 is 16.7 Å². The molecule has 0 aliphatic carbocycles. The van der Waals surface area contributed by atoms with Crippen LogP contribution >= 0.6 is 0 Å². The number of para-hydroxylation sites is 2. The standard InChI is InChI=1S/C26H20N4O4/c1-17-22(15-23-25(31)27-29(26(23)32)19-9-3-2-4-10-19)21-12-5-6-13-24(21)28(17)16-18-8-7-11-20(14-18)30(33)34/h2-15H,16H2,1H3,(H,27,31)/b23-15-. The van der Waals surface area contributed by atoms with Gasteiger partial charge in [-0.25, -0.2) is 5.01 Å². The first kappa shape index (κ1) is 21.1. The lowest BCUT2D eigenvalue weighted by Gasteiger charge is -2.13. The van der Waals surface area contributed by atoms with Gasteiger partial charge >= 0.3 is 0 Å². The lowest BCUT2D eigenvalue weighted by molar-refractivity contribution is -0.384. The molecule has 8 nitrogen and oxygen atoms in total. The molecule has 1 N–H and O–H groups in total. The second-order valence-electron chi connectivity index (χ2n) is 8.00. The predicted octanol–water partition coefficient (Wildman–Crippen LogP) is 4.37. The highest BCUT2D eigenvalue weighted by molar-refractivity contribution is 6.32. The number of carbonyl (C=O) groups is 2. The molecule has 1 fully saturated rings. The van der Waals surface area contributed by atoms with Gasteiger partial charge in [0, 0.05) is 40.8 Å². The van der Waals surface area contributed by atoms with Crippen LogP contribution in [0.25, 0.3) is 17.0 Å². The van der Waals surface area contributed by atoms with Crippen molar-refractivity contribution in [3.63, 3.8) is 0 Å². The molecule has 4 aromatic rings. The third-order valence-electron chi connectivity index (χ3n) is 5.94. The Morgan fingerprint density at radius 1 is 0.971 bits per heavy atom. The summed E-state index contributed by atoms with van der Waals surface area (Å²) >= 11 is 0. The van der Waals surface area contributed by atoms with Crippen molar-refractivity contribution in [3.05, 3.63) is 111 Å². The number of nitro benzene ring substituents is 1. The summed E-state index contributed by atoms with van der Waals surface area (Å²) in [6.45, 7) is 2.32. The average molecular weight is 452 g/mol. The molecule has 0 spiro atoms. The molecule has 0 radical (unpaired) electrons. The fourth-order valence-electron chi connectivity index (χ4n) is 4.26. The highest BCUT2D eigenvalue weighted by Crippen LogP contribution is 2.31. The molecule has 0 saturated carbocycles. The van der Waals surface area contributed by atoms with E-state index in [2.05, 4.69) is 5.43 Å². The number of benzene rings is 3. The van der Waals surface area contributed by atoms with Crippen LogP contribution in [0.5, 0.6) is 0 Å². The number of carbonyl (C=O) groups excluding carboxylic acids is 2. The van der Waals surface area contributed by atoms with Crippen LogP contribution in [0.1, 0.15) is 16.8 Å². The molecule has 3 aromatic carbocycles. The summed E-state index contributed by atoms with van der Waals surface area (Å²) in [7, 11) is 0. The summed E-state index contributed by atoms with van der Waals surface area (Å²) in [6, 6.07) is 23.1. The van der Waals surface area contributed by atoms with Crippen LogP contribution in [0.4, 0.5) is 11.4 Å². The Kier molecular flexibility index (Phi) is 5.18. The van der Waals surface area contributed by atoms with Crippen molar-refractivity contribution in [3.8, 4) is 0 Å². The van der Waals surface area contributed by atoms with Gasteiger partial charge in [-0.05, 0) is 36.8 Å². The van der Waals surface area contributed by atoms with Gasteiger partial charge in [0.25, 0.3) is 17.5 Å². The van der Waals surface area contributed by atoms with Crippen molar-refractivity contribution in [2.75, 3.05) is 5.01 Å². The highest BCUT2D eigenvalue weighted by Gasteiger charge is 2.34. The van der Waals surface area contributed by atoms with Crippen LogP contribution in [0, 0.1) is 17.0 Å². The minimum absolute atomic E-state index is 0.0307. The Balaban J connectivity index is 1.58. The lowest BCUT2D eigenvalue weighted by atomic mass is 10.1. The van der Waals surface area contributed by atoms with Gasteiger partial charge in [0.2, 0.25) is 0 Å². The van der Waals surface area contributed by atoms with Gasteiger partial charge in [-0.1, -0.05) is 48.5 Å². The highest BCUT2D eigenvalue weighted by atomic mass is 16.6. The van der Waals surface area contributed by atoms with Crippen molar-refractivity contribution in [1.29, 1.82) is 0 Å². The van der Waals surface area contributed by atoms with E-state index in [0.29, 0.717) is 12.2 Å². The molecule has 0 unspecified atom stereocenters. The number of nitrogens with one attached hydrogen (secondary N) is 1. The largest absolute Gasteiger partial charge is 0.340 e. The number of hydrazine groups is 1. The molecule has 1 aliphatic heterocycles. The van der Waals surface area contributed by atoms with E-state index in [4.69, 9.17) is 0 Å². The van der Waals surface area contributed by atoms with Gasteiger partial charge in [0.05, 0.1) is 10.6 Å². The number of non-ortho nitro benzene ring substituents is 1. The number of hydrogen-bond acceptors (Lipinski definition) is 4. The Morgan fingerprint density at radius 2 is 1.71 bits per heavy atom. The number of nitrogens with zero attached hydrogens (tertiary/aromatic N) is 3. The van der Waals surface area contributed by atoms with Crippen LogP contribution in [0.3, 0.4) is 0 Å². The number of nitro groups is 1. The first-order valence-corrected chi connectivity index (χ1v) is 10.7. The van der Waals surface area contributed by atoms with E-state index in [9.17, 15) is 19.7 Å². The molecule has 5 rings (SSSR count).